The van der Waals surface area contributed by atoms with Crippen molar-refractivity contribution in [3.05, 3.63) is 59.7 Å². The van der Waals surface area contributed by atoms with E-state index in [1.165, 1.54) is 5.56 Å². The van der Waals surface area contributed by atoms with Gasteiger partial charge in [0, 0.05) is 23.8 Å². The van der Waals surface area contributed by atoms with Gasteiger partial charge in [0.15, 0.2) is 5.69 Å². The van der Waals surface area contributed by atoms with Crippen molar-refractivity contribution in [3.63, 3.8) is 0 Å². The highest BCUT2D eigenvalue weighted by Crippen LogP contribution is 2.43. The van der Waals surface area contributed by atoms with Gasteiger partial charge in [-0.15, -0.1) is 10.2 Å². The summed E-state index contributed by atoms with van der Waals surface area (Å²) in [5.74, 6) is 1.62. The molecule has 2 heterocycles. The Labute approximate surface area is 193 Å². The van der Waals surface area contributed by atoms with Crippen LogP contribution in [0.2, 0.25) is 0 Å². The maximum atomic E-state index is 12.9. The standard InChI is InChI=1S/C25H28N4O2S/c1-5-6-15-32-25-26-23-22(27-28-25)20-9-7-8-10-21(20)29(17(4)30)24(31-23)19-13-11-18(12-14-19)16(2)3/h7-14,16,24H,5-6,15H2,1-4H3/t24-/m1/s1. The van der Waals surface area contributed by atoms with E-state index < -0.39 is 6.23 Å². The molecule has 4 rings (SSSR count). The number of fused-ring (bicyclic) bond motifs is 3. The van der Waals surface area contributed by atoms with Gasteiger partial charge >= 0.3 is 0 Å². The third-order valence-electron chi connectivity index (χ3n) is 5.47. The van der Waals surface area contributed by atoms with Crippen LogP contribution in [0.25, 0.3) is 11.3 Å². The number of anilines is 1. The summed E-state index contributed by atoms with van der Waals surface area (Å²) in [6.07, 6.45) is 1.54. The van der Waals surface area contributed by atoms with Gasteiger partial charge in [-0.1, -0.05) is 81.4 Å². The highest BCUT2D eigenvalue weighted by molar-refractivity contribution is 7.99. The van der Waals surface area contributed by atoms with Crippen molar-refractivity contribution in [1.82, 2.24) is 15.2 Å². The van der Waals surface area contributed by atoms with Crippen molar-refractivity contribution in [3.8, 4) is 17.1 Å². The number of thioether (sulfide) groups is 1. The topological polar surface area (TPSA) is 68.2 Å². The number of carbonyl (C=O) groups is 1. The van der Waals surface area contributed by atoms with Crippen LogP contribution in [0, 0.1) is 0 Å². The van der Waals surface area contributed by atoms with Crippen molar-refractivity contribution < 1.29 is 9.53 Å². The minimum absolute atomic E-state index is 0.117. The van der Waals surface area contributed by atoms with E-state index in [4.69, 9.17) is 4.74 Å². The van der Waals surface area contributed by atoms with Gasteiger partial charge in [0.2, 0.25) is 23.2 Å². The van der Waals surface area contributed by atoms with E-state index in [-0.39, 0.29) is 5.91 Å². The molecule has 2 aromatic carbocycles. The largest absolute Gasteiger partial charge is 0.447 e. The summed E-state index contributed by atoms with van der Waals surface area (Å²) in [6, 6.07) is 15.9. The van der Waals surface area contributed by atoms with E-state index in [2.05, 4.69) is 48.1 Å². The van der Waals surface area contributed by atoms with Gasteiger partial charge in [-0.25, -0.2) is 0 Å². The summed E-state index contributed by atoms with van der Waals surface area (Å²) in [6.45, 7) is 8.02. The molecule has 1 aromatic heterocycles. The van der Waals surface area contributed by atoms with Crippen LogP contribution in [0.1, 0.15) is 63.8 Å². The summed E-state index contributed by atoms with van der Waals surface area (Å²) in [7, 11) is 0. The lowest BCUT2D eigenvalue weighted by molar-refractivity contribution is -0.118. The second-order valence-electron chi connectivity index (χ2n) is 8.15. The molecule has 0 unspecified atom stereocenters. The fourth-order valence-corrected chi connectivity index (χ4v) is 4.55. The molecule has 0 bridgehead atoms. The van der Waals surface area contributed by atoms with Crippen LogP contribution >= 0.6 is 11.8 Å². The van der Waals surface area contributed by atoms with Gasteiger partial charge in [0.05, 0.1) is 5.69 Å². The Hall–Kier alpha value is -2.93. The van der Waals surface area contributed by atoms with E-state index in [9.17, 15) is 4.79 Å². The van der Waals surface area contributed by atoms with Crippen molar-refractivity contribution in [1.29, 1.82) is 0 Å². The highest BCUT2D eigenvalue weighted by Gasteiger charge is 2.34. The second kappa shape index (κ2) is 9.69. The summed E-state index contributed by atoms with van der Waals surface area (Å²) in [4.78, 5) is 19.2. The third kappa shape index (κ3) is 4.48. The Bertz CT molecular complexity index is 1100. The van der Waals surface area contributed by atoms with Crippen LogP contribution in [0.15, 0.2) is 53.7 Å². The number of aromatic nitrogens is 3. The molecule has 0 saturated carbocycles. The van der Waals surface area contributed by atoms with Gasteiger partial charge in [0.25, 0.3) is 0 Å². The zero-order valence-electron chi connectivity index (χ0n) is 18.9. The average molecular weight is 449 g/mol. The fraction of sp³-hybridized carbons (Fsp3) is 0.360. The summed E-state index contributed by atoms with van der Waals surface area (Å²) < 4.78 is 6.42. The number of carbonyl (C=O) groups excluding carboxylic acids is 1. The molecule has 0 N–H and O–H groups in total. The maximum Gasteiger partial charge on any atom is 0.247 e. The molecule has 1 aliphatic rings. The molecular weight excluding hydrogens is 420 g/mol. The molecule has 6 nitrogen and oxygen atoms in total. The van der Waals surface area contributed by atoms with Crippen molar-refractivity contribution in [2.24, 2.45) is 0 Å². The van der Waals surface area contributed by atoms with Gasteiger partial charge < -0.3 is 4.74 Å². The lowest BCUT2D eigenvalue weighted by atomic mass is 10.0. The molecule has 0 radical (unpaired) electrons. The normalized spacial score (nSPS) is 15.0. The molecule has 1 amide bonds. The molecular formula is C25H28N4O2S. The van der Waals surface area contributed by atoms with Crippen LogP contribution in [0.5, 0.6) is 5.88 Å². The molecule has 1 atom stereocenters. The molecule has 0 fully saturated rings. The quantitative estimate of drug-likeness (QED) is 0.340. The molecule has 0 saturated heterocycles. The molecule has 0 spiro atoms. The van der Waals surface area contributed by atoms with Crippen LogP contribution in [-0.4, -0.2) is 26.8 Å². The number of rotatable bonds is 6. The predicted molar refractivity (Wildman–Crippen MR) is 128 cm³/mol. The van der Waals surface area contributed by atoms with Crippen molar-refractivity contribution in [2.45, 2.75) is 57.8 Å². The van der Waals surface area contributed by atoms with Gasteiger partial charge in [-0.3, -0.25) is 9.69 Å². The lowest BCUT2D eigenvalue weighted by Crippen LogP contribution is -2.36. The monoisotopic (exact) mass is 448 g/mol. The number of unbranched alkanes of at least 4 members (excludes halogenated alkanes) is 1. The molecule has 1 aliphatic heterocycles. The van der Waals surface area contributed by atoms with Gasteiger partial charge in [-0.05, 0) is 24.0 Å². The van der Waals surface area contributed by atoms with E-state index in [1.807, 2.05) is 36.4 Å². The Kier molecular flexibility index (Phi) is 6.74. The van der Waals surface area contributed by atoms with Crippen molar-refractivity contribution >= 4 is 23.4 Å². The zero-order valence-corrected chi connectivity index (χ0v) is 19.7. The van der Waals surface area contributed by atoms with Crippen LogP contribution < -0.4 is 9.64 Å². The van der Waals surface area contributed by atoms with E-state index in [1.54, 1.807) is 23.6 Å². The second-order valence-corrected chi connectivity index (χ2v) is 9.21. The summed E-state index contributed by atoms with van der Waals surface area (Å²) in [5.41, 5.74) is 4.18. The number of nitrogens with zero attached hydrogens (tertiary/aromatic N) is 4. The summed E-state index contributed by atoms with van der Waals surface area (Å²) >= 11 is 1.57. The summed E-state index contributed by atoms with van der Waals surface area (Å²) in [5, 5.41) is 9.37. The Morgan fingerprint density at radius 2 is 1.88 bits per heavy atom. The molecule has 32 heavy (non-hydrogen) atoms. The van der Waals surface area contributed by atoms with E-state index >= 15 is 0 Å². The molecule has 3 aromatic rings. The van der Waals surface area contributed by atoms with Gasteiger partial charge in [-0.2, -0.15) is 4.98 Å². The Morgan fingerprint density at radius 3 is 2.56 bits per heavy atom. The smallest absolute Gasteiger partial charge is 0.247 e. The van der Waals surface area contributed by atoms with E-state index in [0.29, 0.717) is 22.6 Å². The zero-order chi connectivity index (χ0) is 22.7. The molecule has 7 heteroatoms. The number of hydrogen-bond donors (Lipinski definition) is 0. The minimum atomic E-state index is -0.652. The molecule has 166 valence electrons. The number of para-hydroxylation sites is 1. The highest BCUT2D eigenvalue weighted by atomic mass is 32.2. The Balaban J connectivity index is 1.82. The maximum absolute atomic E-state index is 12.9. The number of ether oxygens (including phenoxy) is 1. The lowest BCUT2D eigenvalue weighted by Gasteiger charge is -2.30. The fourth-order valence-electron chi connectivity index (χ4n) is 3.68. The Morgan fingerprint density at radius 1 is 1.12 bits per heavy atom. The number of benzene rings is 2. The minimum Gasteiger partial charge on any atom is -0.447 e. The predicted octanol–water partition coefficient (Wildman–Crippen LogP) is 6.00. The first-order chi connectivity index (χ1) is 15.5. The van der Waals surface area contributed by atoms with Crippen LogP contribution in [0.4, 0.5) is 5.69 Å². The van der Waals surface area contributed by atoms with Crippen LogP contribution in [-0.2, 0) is 4.79 Å². The molecule has 0 aliphatic carbocycles. The first-order valence-corrected chi connectivity index (χ1v) is 12.0. The van der Waals surface area contributed by atoms with E-state index in [0.717, 1.165) is 35.4 Å². The number of amides is 1. The van der Waals surface area contributed by atoms with Crippen LogP contribution in [0.3, 0.4) is 0 Å². The SMILES string of the molecule is CCCCSc1nnc2c(n1)O[C@H](c1ccc(C(C)C)cc1)N(C(C)=O)c1ccccc1-2. The third-order valence-corrected chi connectivity index (χ3v) is 6.39. The average Bonchev–Trinajstić information content (AvgIpc) is 2.93. The first-order valence-electron chi connectivity index (χ1n) is 11.0. The van der Waals surface area contributed by atoms with Crippen molar-refractivity contribution in [2.75, 3.05) is 10.7 Å². The number of hydrogen-bond acceptors (Lipinski definition) is 6. The first kappa shape index (κ1) is 22.3. The van der Waals surface area contributed by atoms with Gasteiger partial charge in [0.1, 0.15) is 0 Å².